The molecule has 5 nitrogen and oxygen atoms in total. The van der Waals surface area contributed by atoms with Gasteiger partial charge in [0.1, 0.15) is 11.4 Å². The summed E-state index contributed by atoms with van der Waals surface area (Å²) in [6.07, 6.45) is -0.00601. The van der Waals surface area contributed by atoms with E-state index in [0.717, 1.165) is 0 Å². The largest absolute Gasteiger partial charge is 0.444 e. The van der Waals surface area contributed by atoms with Crippen LogP contribution >= 0.6 is 0 Å². The smallest absolute Gasteiger partial charge is 0.407 e. The van der Waals surface area contributed by atoms with Crippen molar-refractivity contribution in [3.05, 3.63) is 35.1 Å². The lowest BCUT2D eigenvalue weighted by molar-refractivity contribution is -0.120. The molecule has 1 aliphatic heterocycles. The number of hydrogen-bond acceptors (Lipinski definition) is 3. The van der Waals surface area contributed by atoms with Gasteiger partial charge in [-0.1, -0.05) is 12.1 Å². The normalized spacial score (nSPS) is 21.0. The van der Waals surface area contributed by atoms with Gasteiger partial charge in [-0.3, -0.25) is 4.79 Å². The van der Waals surface area contributed by atoms with E-state index < -0.39 is 17.6 Å². The number of halogens is 1. The molecule has 2 rings (SSSR count). The van der Waals surface area contributed by atoms with E-state index in [2.05, 4.69) is 10.6 Å². The first-order valence-corrected chi connectivity index (χ1v) is 7.69. The summed E-state index contributed by atoms with van der Waals surface area (Å²) in [5.74, 6) is -0.856. The Kier molecular flexibility index (Phi) is 4.92. The summed E-state index contributed by atoms with van der Waals surface area (Å²) in [5, 5.41) is 5.47. The average molecular weight is 322 g/mol. The molecule has 1 heterocycles. The quantitative estimate of drug-likeness (QED) is 0.899. The highest BCUT2D eigenvalue weighted by Crippen LogP contribution is 2.28. The van der Waals surface area contributed by atoms with Gasteiger partial charge in [0.2, 0.25) is 5.91 Å². The standard InChI is InChI=1S/C17H23FN2O3/c1-10-5-6-11(7-14(10)18)13-8-12(20-15(13)21)9-19-16(22)23-17(2,3)4/h5-7,12-13H,8-9H2,1-4H3,(H,19,22)(H,20,21)/t12?,13-/m1/s1. The molecule has 1 aromatic rings. The molecule has 23 heavy (non-hydrogen) atoms. The highest BCUT2D eigenvalue weighted by Gasteiger charge is 2.33. The summed E-state index contributed by atoms with van der Waals surface area (Å²) < 4.78 is 18.8. The third-order valence-electron chi connectivity index (χ3n) is 3.67. The molecule has 0 radical (unpaired) electrons. The Bertz CT molecular complexity index is 610. The van der Waals surface area contributed by atoms with Crippen molar-refractivity contribution in [3.8, 4) is 0 Å². The fourth-order valence-electron chi connectivity index (χ4n) is 2.52. The van der Waals surface area contributed by atoms with Crippen LogP contribution in [-0.4, -0.2) is 30.2 Å². The first-order chi connectivity index (χ1) is 10.7. The van der Waals surface area contributed by atoms with Crippen molar-refractivity contribution < 1.29 is 18.7 Å². The number of ether oxygens (including phenoxy) is 1. The van der Waals surface area contributed by atoms with E-state index in [0.29, 0.717) is 17.5 Å². The van der Waals surface area contributed by atoms with Gasteiger partial charge < -0.3 is 15.4 Å². The van der Waals surface area contributed by atoms with Gasteiger partial charge in [-0.05, 0) is 51.3 Å². The summed E-state index contributed by atoms with van der Waals surface area (Å²) in [6.45, 7) is 7.32. The lowest BCUT2D eigenvalue weighted by Gasteiger charge is -2.20. The second kappa shape index (κ2) is 6.56. The maximum Gasteiger partial charge on any atom is 0.407 e. The lowest BCUT2D eigenvalue weighted by atomic mass is 9.95. The van der Waals surface area contributed by atoms with E-state index in [1.54, 1.807) is 39.8 Å². The number of rotatable bonds is 3. The van der Waals surface area contributed by atoms with Crippen LogP contribution in [0.1, 0.15) is 44.2 Å². The summed E-state index contributed by atoms with van der Waals surface area (Å²) in [5.41, 5.74) is 0.644. The van der Waals surface area contributed by atoms with Crippen LogP contribution in [0.25, 0.3) is 0 Å². The Balaban J connectivity index is 1.92. The molecule has 1 aromatic carbocycles. The number of benzene rings is 1. The number of carbonyl (C=O) groups excluding carboxylic acids is 2. The Morgan fingerprint density at radius 2 is 2.13 bits per heavy atom. The van der Waals surface area contributed by atoms with Crippen molar-refractivity contribution in [2.45, 2.75) is 51.7 Å². The molecular formula is C17H23FN2O3. The number of amides is 2. The van der Waals surface area contributed by atoms with Crippen molar-refractivity contribution in [3.63, 3.8) is 0 Å². The summed E-state index contributed by atoms with van der Waals surface area (Å²) in [4.78, 5) is 23.7. The fraction of sp³-hybridized carbons (Fsp3) is 0.529. The van der Waals surface area contributed by atoms with Gasteiger partial charge in [0, 0.05) is 12.6 Å². The first kappa shape index (κ1) is 17.2. The molecule has 1 fully saturated rings. The van der Waals surface area contributed by atoms with Gasteiger partial charge in [-0.2, -0.15) is 0 Å². The second-order valence-corrected chi connectivity index (χ2v) is 6.89. The molecule has 2 amide bonds. The monoisotopic (exact) mass is 322 g/mol. The maximum absolute atomic E-state index is 13.7. The minimum atomic E-state index is -0.565. The number of nitrogens with one attached hydrogen (secondary N) is 2. The zero-order valence-electron chi connectivity index (χ0n) is 13.9. The predicted octanol–water partition coefficient (Wildman–Crippen LogP) is 2.63. The van der Waals surface area contributed by atoms with Crippen LogP contribution in [0.4, 0.5) is 9.18 Å². The van der Waals surface area contributed by atoms with Gasteiger partial charge in [-0.25, -0.2) is 9.18 Å². The van der Waals surface area contributed by atoms with Crippen LogP contribution in [0.3, 0.4) is 0 Å². The minimum absolute atomic E-state index is 0.149. The molecule has 0 aliphatic carbocycles. The van der Waals surface area contributed by atoms with Crippen LogP contribution in [0.5, 0.6) is 0 Å². The van der Waals surface area contributed by atoms with E-state index in [-0.39, 0.29) is 24.3 Å². The van der Waals surface area contributed by atoms with Crippen molar-refractivity contribution in [1.29, 1.82) is 0 Å². The molecule has 0 aromatic heterocycles. The third-order valence-corrected chi connectivity index (χ3v) is 3.67. The van der Waals surface area contributed by atoms with E-state index in [1.807, 2.05) is 0 Å². The van der Waals surface area contributed by atoms with Gasteiger partial charge in [0.15, 0.2) is 0 Å². The minimum Gasteiger partial charge on any atom is -0.444 e. The number of alkyl carbamates (subject to hydrolysis) is 1. The zero-order chi connectivity index (χ0) is 17.2. The molecule has 1 aliphatic rings. The number of aryl methyl sites for hydroxylation is 1. The number of hydrogen-bond donors (Lipinski definition) is 2. The summed E-state index contributed by atoms with van der Waals surface area (Å²) in [6, 6.07) is 4.66. The van der Waals surface area contributed by atoms with Crippen LogP contribution < -0.4 is 10.6 Å². The Labute approximate surface area is 135 Å². The Morgan fingerprint density at radius 3 is 2.74 bits per heavy atom. The molecule has 2 atom stereocenters. The van der Waals surface area contributed by atoms with Crippen LogP contribution in [0, 0.1) is 12.7 Å². The average Bonchev–Trinajstić information content (AvgIpc) is 2.79. The fourth-order valence-corrected chi connectivity index (χ4v) is 2.52. The molecule has 2 N–H and O–H groups in total. The van der Waals surface area contributed by atoms with Gasteiger partial charge in [0.05, 0.1) is 5.92 Å². The van der Waals surface area contributed by atoms with Crippen LogP contribution in [-0.2, 0) is 9.53 Å². The van der Waals surface area contributed by atoms with E-state index in [4.69, 9.17) is 4.74 Å². The van der Waals surface area contributed by atoms with E-state index >= 15 is 0 Å². The van der Waals surface area contributed by atoms with Crippen molar-refractivity contribution in [1.82, 2.24) is 10.6 Å². The van der Waals surface area contributed by atoms with Gasteiger partial charge in [-0.15, -0.1) is 0 Å². The molecule has 0 spiro atoms. The molecule has 1 saturated heterocycles. The molecule has 0 saturated carbocycles. The predicted molar refractivity (Wildman–Crippen MR) is 84.7 cm³/mol. The SMILES string of the molecule is Cc1ccc([C@H]2CC(CNC(=O)OC(C)(C)C)NC2=O)cc1F. The second-order valence-electron chi connectivity index (χ2n) is 6.89. The highest BCUT2D eigenvalue weighted by atomic mass is 19.1. The highest BCUT2D eigenvalue weighted by molar-refractivity contribution is 5.86. The van der Waals surface area contributed by atoms with Crippen LogP contribution in [0.2, 0.25) is 0 Å². The maximum atomic E-state index is 13.7. The molecule has 0 bridgehead atoms. The Hall–Kier alpha value is -2.11. The third kappa shape index (κ3) is 4.68. The lowest BCUT2D eigenvalue weighted by Crippen LogP contribution is -2.40. The van der Waals surface area contributed by atoms with Crippen molar-refractivity contribution in [2.75, 3.05) is 6.54 Å². The number of carbonyl (C=O) groups is 2. The molecular weight excluding hydrogens is 299 g/mol. The Morgan fingerprint density at radius 1 is 1.43 bits per heavy atom. The van der Waals surface area contributed by atoms with E-state index in [1.165, 1.54) is 6.07 Å². The topological polar surface area (TPSA) is 67.4 Å². The summed E-state index contributed by atoms with van der Waals surface area (Å²) in [7, 11) is 0. The molecule has 6 heteroatoms. The van der Waals surface area contributed by atoms with Crippen LogP contribution in [0.15, 0.2) is 18.2 Å². The van der Waals surface area contributed by atoms with E-state index in [9.17, 15) is 14.0 Å². The van der Waals surface area contributed by atoms with Crippen molar-refractivity contribution in [2.24, 2.45) is 0 Å². The van der Waals surface area contributed by atoms with Gasteiger partial charge >= 0.3 is 6.09 Å². The van der Waals surface area contributed by atoms with Gasteiger partial charge in [0.25, 0.3) is 0 Å². The first-order valence-electron chi connectivity index (χ1n) is 7.69. The summed E-state index contributed by atoms with van der Waals surface area (Å²) >= 11 is 0. The molecule has 1 unspecified atom stereocenters. The van der Waals surface area contributed by atoms with Crippen molar-refractivity contribution >= 4 is 12.0 Å². The zero-order valence-corrected chi connectivity index (χ0v) is 13.9. The molecule has 126 valence electrons.